The molecule has 3 nitrogen and oxygen atoms in total. The Morgan fingerprint density at radius 3 is 2.38 bits per heavy atom. The normalized spacial score (nSPS) is 15.6. The van der Waals surface area contributed by atoms with Crippen LogP contribution in [0.1, 0.15) is 47.5 Å². The van der Waals surface area contributed by atoms with Crippen molar-refractivity contribution in [1.82, 2.24) is 5.32 Å². The molecule has 0 aliphatic heterocycles. The Balaban J connectivity index is 3.99. The first-order chi connectivity index (χ1) is 7.33. The fourth-order valence-corrected chi connectivity index (χ4v) is 1.63. The molecular weight excluding hydrogens is 202 g/mol. The molecule has 0 saturated carbocycles. The van der Waals surface area contributed by atoms with Gasteiger partial charge in [-0.25, -0.2) is 0 Å². The SMILES string of the molecule is CCC(C)CC(C)NCC(C)(C)C(=O)OC. The third-order valence-corrected chi connectivity index (χ3v) is 3.08. The third-order valence-electron chi connectivity index (χ3n) is 3.08. The average molecular weight is 229 g/mol. The molecule has 1 N–H and O–H groups in total. The summed E-state index contributed by atoms with van der Waals surface area (Å²) in [5.74, 6) is 0.569. The van der Waals surface area contributed by atoms with Gasteiger partial charge in [-0.2, -0.15) is 0 Å². The average Bonchev–Trinajstić information content (AvgIpc) is 2.25. The maximum absolute atomic E-state index is 11.5. The van der Waals surface area contributed by atoms with E-state index < -0.39 is 5.41 Å². The summed E-state index contributed by atoms with van der Waals surface area (Å²) in [5.41, 5.74) is -0.446. The molecule has 0 rings (SSSR count). The van der Waals surface area contributed by atoms with Crippen LogP contribution in [-0.2, 0) is 9.53 Å². The number of ether oxygens (including phenoxy) is 1. The Kier molecular flexibility index (Phi) is 6.65. The predicted molar refractivity (Wildman–Crippen MR) is 67.3 cm³/mol. The molecule has 0 amide bonds. The molecule has 0 aromatic heterocycles. The highest BCUT2D eigenvalue weighted by atomic mass is 16.5. The van der Waals surface area contributed by atoms with E-state index in [1.54, 1.807) is 0 Å². The van der Waals surface area contributed by atoms with E-state index in [4.69, 9.17) is 4.74 Å². The molecule has 2 atom stereocenters. The molecule has 0 aromatic carbocycles. The van der Waals surface area contributed by atoms with Crippen LogP contribution in [0.3, 0.4) is 0 Å². The molecule has 0 saturated heterocycles. The summed E-state index contributed by atoms with van der Waals surface area (Å²) >= 11 is 0. The van der Waals surface area contributed by atoms with Crippen LogP contribution in [0.15, 0.2) is 0 Å². The summed E-state index contributed by atoms with van der Waals surface area (Å²) < 4.78 is 4.77. The van der Waals surface area contributed by atoms with E-state index in [1.807, 2.05) is 13.8 Å². The Hall–Kier alpha value is -0.570. The number of hydrogen-bond acceptors (Lipinski definition) is 3. The molecule has 0 radical (unpaired) electrons. The van der Waals surface area contributed by atoms with Crippen molar-refractivity contribution < 1.29 is 9.53 Å². The van der Waals surface area contributed by atoms with Crippen molar-refractivity contribution in [2.24, 2.45) is 11.3 Å². The zero-order valence-electron chi connectivity index (χ0n) is 11.6. The molecular formula is C13H27NO2. The van der Waals surface area contributed by atoms with Crippen molar-refractivity contribution in [3.63, 3.8) is 0 Å². The number of carbonyl (C=O) groups excluding carboxylic acids is 1. The fraction of sp³-hybridized carbons (Fsp3) is 0.923. The topological polar surface area (TPSA) is 38.3 Å². The minimum Gasteiger partial charge on any atom is -0.469 e. The lowest BCUT2D eigenvalue weighted by atomic mass is 9.92. The van der Waals surface area contributed by atoms with E-state index in [0.29, 0.717) is 12.6 Å². The first-order valence-corrected chi connectivity index (χ1v) is 6.15. The van der Waals surface area contributed by atoms with Crippen molar-refractivity contribution in [2.75, 3.05) is 13.7 Å². The first kappa shape index (κ1) is 15.4. The fourth-order valence-electron chi connectivity index (χ4n) is 1.63. The largest absolute Gasteiger partial charge is 0.469 e. The Labute approximate surface area is 99.9 Å². The van der Waals surface area contributed by atoms with Crippen LogP contribution in [0, 0.1) is 11.3 Å². The highest BCUT2D eigenvalue weighted by molar-refractivity contribution is 5.76. The van der Waals surface area contributed by atoms with Gasteiger partial charge in [-0.3, -0.25) is 4.79 Å². The number of nitrogens with one attached hydrogen (secondary N) is 1. The van der Waals surface area contributed by atoms with Gasteiger partial charge in [0.1, 0.15) is 0 Å². The molecule has 0 spiro atoms. The second-order valence-corrected chi connectivity index (χ2v) is 5.41. The van der Waals surface area contributed by atoms with Crippen molar-refractivity contribution >= 4 is 5.97 Å². The molecule has 16 heavy (non-hydrogen) atoms. The highest BCUT2D eigenvalue weighted by Gasteiger charge is 2.28. The summed E-state index contributed by atoms with van der Waals surface area (Å²) in [7, 11) is 1.44. The first-order valence-electron chi connectivity index (χ1n) is 6.15. The summed E-state index contributed by atoms with van der Waals surface area (Å²) in [6.45, 7) is 11.1. The number of methoxy groups -OCH3 is 1. The zero-order valence-corrected chi connectivity index (χ0v) is 11.6. The van der Waals surface area contributed by atoms with Gasteiger partial charge in [0.15, 0.2) is 0 Å². The lowest BCUT2D eigenvalue weighted by molar-refractivity contribution is -0.150. The van der Waals surface area contributed by atoms with Crippen LogP contribution >= 0.6 is 0 Å². The molecule has 0 heterocycles. The van der Waals surface area contributed by atoms with Gasteiger partial charge in [0.25, 0.3) is 0 Å². The molecule has 2 unspecified atom stereocenters. The van der Waals surface area contributed by atoms with E-state index in [0.717, 1.165) is 12.3 Å². The Morgan fingerprint density at radius 1 is 1.38 bits per heavy atom. The predicted octanol–water partition coefficient (Wildman–Crippen LogP) is 2.60. The molecule has 0 bridgehead atoms. The summed E-state index contributed by atoms with van der Waals surface area (Å²) in [4.78, 5) is 11.5. The Bertz CT molecular complexity index is 214. The number of hydrogen-bond donors (Lipinski definition) is 1. The van der Waals surface area contributed by atoms with Gasteiger partial charge in [0.2, 0.25) is 0 Å². The number of esters is 1. The zero-order chi connectivity index (χ0) is 12.8. The molecule has 96 valence electrons. The number of rotatable bonds is 7. The van der Waals surface area contributed by atoms with E-state index in [1.165, 1.54) is 13.5 Å². The van der Waals surface area contributed by atoms with Gasteiger partial charge in [-0.1, -0.05) is 20.3 Å². The van der Waals surface area contributed by atoms with Crippen LogP contribution in [0.2, 0.25) is 0 Å². The van der Waals surface area contributed by atoms with E-state index >= 15 is 0 Å². The molecule has 0 aliphatic carbocycles. The summed E-state index contributed by atoms with van der Waals surface area (Å²) in [6.07, 6.45) is 2.35. The lowest BCUT2D eigenvalue weighted by Crippen LogP contribution is -2.41. The molecule has 0 fully saturated rings. The molecule has 3 heteroatoms. The standard InChI is InChI=1S/C13H27NO2/c1-7-10(2)8-11(3)14-9-13(4,5)12(15)16-6/h10-11,14H,7-9H2,1-6H3. The van der Waals surface area contributed by atoms with Gasteiger partial charge in [0, 0.05) is 12.6 Å². The van der Waals surface area contributed by atoms with Crippen LogP contribution in [0.5, 0.6) is 0 Å². The summed E-state index contributed by atoms with van der Waals surface area (Å²) in [5, 5.41) is 3.40. The third kappa shape index (κ3) is 5.50. The van der Waals surface area contributed by atoms with Gasteiger partial charge in [-0.05, 0) is 33.1 Å². The van der Waals surface area contributed by atoms with Gasteiger partial charge < -0.3 is 10.1 Å². The van der Waals surface area contributed by atoms with Gasteiger partial charge in [-0.15, -0.1) is 0 Å². The van der Waals surface area contributed by atoms with Crippen LogP contribution in [-0.4, -0.2) is 25.7 Å². The van der Waals surface area contributed by atoms with Crippen LogP contribution < -0.4 is 5.32 Å². The van der Waals surface area contributed by atoms with E-state index in [-0.39, 0.29) is 5.97 Å². The van der Waals surface area contributed by atoms with E-state index in [2.05, 4.69) is 26.1 Å². The van der Waals surface area contributed by atoms with Gasteiger partial charge >= 0.3 is 5.97 Å². The highest BCUT2D eigenvalue weighted by Crippen LogP contribution is 2.17. The van der Waals surface area contributed by atoms with Crippen molar-refractivity contribution in [3.8, 4) is 0 Å². The quantitative estimate of drug-likeness (QED) is 0.682. The monoisotopic (exact) mass is 229 g/mol. The maximum atomic E-state index is 11.5. The lowest BCUT2D eigenvalue weighted by Gasteiger charge is -2.25. The second kappa shape index (κ2) is 6.89. The maximum Gasteiger partial charge on any atom is 0.312 e. The van der Waals surface area contributed by atoms with Crippen LogP contribution in [0.4, 0.5) is 0 Å². The second-order valence-electron chi connectivity index (χ2n) is 5.41. The smallest absolute Gasteiger partial charge is 0.312 e. The molecule has 0 aliphatic rings. The number of carbonyl (C=O) groups is 1. The Morgan fingerprint density at radius 2 is 1.94 bits per heavy atom. The van der Waals surface area contributed by atoms with Crippen molar-refractivity contribution in [1.29, 1.82) is 0 Å². The van der Waals surface area contributed by atoms with E-state index in [9.17, 15) is 4.79 Å². The molecule has 0 aromatic rings. The van der Waals surface area contributed by atoms with Gasteiger partial charge in [0.05, 0.1) is 12.5 Å². The minimum atomic E-state index is -0.446. The minimum absolute atomic E-state index is 0.157. The summed E-state index contributed by atoms with van der Waals surface area (Å²) in [6, 6.07) is 0.443. The van der Waals surface area contributed by atoms with Crippen molar-refractivity contribution in [3.05, 3.63) is 0 Å². The van der Waals surface area contributed by atoms with Crippen molar-refractivity contribution in [2.45, 2.75) is 53.5 Å². The van der Waals surface area contributed by atoms with Crippen LogP contribution in [0.25, 0.3) is 0 Å².